The quantitative estimate of drug-likeness (QED) is 0.779. The molecule has 1 fully saturated rings. The van der Waals surface area contributed by atoms with Crippen LogP contribution in [0.5, 0.6) is 0 Å². The van der Waals surface area contributed by atoms with Gasteiger partial charge in [-0.25, -0.2) is 4.98 Å². The minimum atomic E-state index is -0.184. The zero-order valence-electron chi connectivity index (χ0n) is 9.33. The van der Waals surface area contributed by atoms with Crippen molar-refractivity contribution in [2.45, 2.75) is 6.10 Å². The van der Waals surface area contributed by atoms with Crippen LogP contribution in [0.15, 0.2) is 11.6 Å². The summed E-state index contributed by atoms with van der Waals surface area (Å²) < 4.78 is 5.31. The molecule has 0 aromatic carbocycles. The number of carbonyl (C=O) groups is 1. The molecular formula is C10H15N3O3S. The summed E-state index contributed by atoms with van der Waals surface area (Å²) in [6, 6.07) is 0. The third-order valence-electron chi connectivity index (χ3n) is 2.47. The normalized spacial score (nSPS) is 21.4. The van der Waals surface area contributed by atoms with Crippen LogP contribution < -0.4 is 5.32 Å². The van der Waals surface area contributed by atoms with Crippen molar-refractivity contribution in [2.24, 2.45) is 0 Å². The SMILES string of the molecule is O=C(CN1CCOC(CO)C1)Nc1nccs1. The molecule has 1 aromatic rings. The van der Waals surface area contributed by atoms with E-state index in [1.165, 1.54) is 11.3 Å². The molecule has 1 aliphatic heterocycles. The number of morpholine rings is 1. The van der Waals surface area contributed by atoms with Gasteiger partial charge >= 0.3 is 0 Å². The van der Waals surface area contributed by atoms with E-state index in [0.29, 0.717) is 31.4 Å². The number of hydrogen-bond donors (Lipinski definition) is 2. The molecule has 1 amide bonds. The molecule has 17 heavy (non-hydrogen) atoms. The summed E-state index contributed by atoms with van der Waals surface area (Å²) in [5.74, 6) is -0.0847. The summed E-state index contributed by atoms with van der Waals surface area (Å²) >= 11 is 1.39. The molecule has 0 saturated carbocycles. The molecule has 0 bridgehead atoms. The predicted octanol–water partition coefficient (Wildman–Crippen LogP) is -0.225. The molecular weight excluding hydrogens is 242 g/mol. The van der Waals surface area contributed by atoms with Crippen molar-refractivity contribution in [1.29, 1.82) is 0 Å². The summed E-state index contributed by atoms with van der Waals surface area (Å²) in [6.07, 6.45) is 1.47. The maximum absolute atomic E-state index is 11.7. The lowest BCUT2D eigenvalue weighted by molar-refractivity contribution is -0.120. The number of anilines is 1. The Balaban J connectivity index is 1.78. The molecule has 1 aromatic heterocycles. The number of nitrogens with one attached hydrogen (secondary N) is 1. The molecule has 7 heteroatoms. The maximum atomic E-state index is 11.7. The summed E-state index contributed by atoms with van der Waals surface area (Å²) in [5.41, 5.74) is 0. The van der Waals surface area contributed by atoms with E-state index in [1.54, 1.807) is 6.20 Å². The maximum Gasteiger partial charge on any atom is 0.240 e. The number of aromatic nitrogens is 1. The Hall–Kier alpha value is -1.02. The molecule has 0 aliphatic carbocycles. The van der Waals surface area contributed by atoms with Crippen LogP contribution in [0.3, 0.4) is 0 Å². The molecule has 1 unspecified atom stereocenters. The van der Waals surface area contributed by atoms with E-state index in [4.69, 9.17) is 9.84 Å². The third-order valence-corrected chi connectivity index (χ3v) is 3.16. The van der Waals surface area contributed by atoms with Gasteiger partial charge in [-0.15, -0.1) is 11.3 Å². The summed E-state index contributed by atoms with van der Waals surface area (Å²) in [4.78, 5) is 17.6. The van der Waals surface area contributed by atoms with Gasteiger partial charge in [0, 0.05) is 24.7 Å². The highest BCUT2D eigenvalue weighted by Gasteiger charge is 2.21. The van der Waals surface area contributed by atoms with Crippen molar-refractivity contribution < 1.29 is 14.6 Å². The molecule has 2 heterocycles. The molecule has 1 atom stereocenters. The zero-order valence-corrected chi connectivity index (χ0v) is 10.2. The van der Waals surface area contributed by atoms with Gasteiger partial charge in [0.15, 0.2) is 5.13 Å². The van der Waals surface area contributed by atoms with E-state index in [1.807, 2.05) is 10.3 Å². The second kappa shape index (κ2) is 6.06. The molecule has 94 valence electrons. The number of nitrogens with zero attached hydrogens (tertiary/aromatic N) is 2. The minimum Gasteiger partial charge on any atom is -0.394 e. The molecule has 0 radical (unpaired) electrons. The monoisotopic (exact) mass is 257 g/mol. The van der Waals surface area contributed by atoms with Crippen LogP contribution in [-0.2, 0) is 9.53 Å². The van der Waals surface area contributed by atoms with E-state index in [9.17, 15) is 4.79 Å². The predicted molar refractivity (Wildman–Crippen MR) is 64.0 cm³/mol. The highest BCUT2D eigenvalue weighted by atomic mass is 32.1. The standard InChI is InChI=1S/C10H15N3O3S/c14-7-8-5-13(2-3-16-8)6-9(15)12-10-11-1-4-17-10/h1,4,8,14H,2-3,5-7H2,(H,11,12,15). The van der Waals surface area contributed by atoms with Gasteiger partial charge in [0.25, 0.3) is 0 Å². The Morgan fingerprint density at radius 3 is 3.35 bits per heavy atom. The number of rotatable bonds is 4. The van der Waals surface area contributed by atoms with Crippen LogP contribution in [-0.4, -0.2) is 59.8 Å². The van der Waals surface area contributed by atoms with Crippen molar-refractivity contribution in [3.05, 3.63) is 11.6 Å². The summed E-state index contributed by atoms with van der Waals surface area (Å²) in [5, 5.41) is 14.1. The van der Waals surface area contributed by atoms with E-state index >= 15 is 0 Å². The Morgan fingerprint density at radius 1 is 1.76 bits per heavy atom. The van der Waals surface area contributed by atoms with Crippen LogP contribution in [0.4, 0.5) is 5.13 Å². The van der Waals surface area contributed by atoms with Crippen molar-refractivity contribution >= 4 is 22.4 Å². The number of aliphatic hydroxyl groups is 1. The number of aliphatic hydroxyl groups excluding tert-OH is 1. The minimum absolute atomic E-state index is 0.00933. The van der Waals surface area contributed by atoms with Crippen molar-refractivity contribution in [1.82, 2.24) is 9.88 Å². The van der Waals surface area contributed by atoms with E-state index in [-0.39, 0.29) is 18.6 Å². The topological polar surface area (TPSA) is 74.7 Å². The smallest absolute Gasteiger partial charge is 0.240 e. The first-order valence-corrected chi connectivity index (χ1v) is 6.30. The lowest BCUT2D eigenvalue weighted by atomic mass is 10.3. The molecule has 6 nitrogen and oxygen atoms in total. The molecule has 0 spiro atoms. The summed E-state index contributed by atoms with van der Waals surface area (Å²) in [6.45, 7) is 2.14. The fourth-order valence-corrected chi connectivity index (χ4v) is 2.23. The first-order chi connectivity index (χ1) is 8.28. The van der Waals surface area contributed by atoms with Gasteiger partial charge in [-0.2, -0.15) is 0 Å². The average Bonchev–Trinajstić information content (AvgIpc) is 2.82. The molecule has 2 N–H and O–H groups in total. The van der Waals surface area contributed by atoms with Crippen LogP contribution in [0.2, 0.25) is 0 Å². The molecule has 1 saturated heterocycles. The molecule has 1 aliphatic rings. The number of ether oxygens (including phenoxy) is 1. The molecule has 2 rings (SSSR count). The van der Waals surface area contributed by atoms with Crippen LogP contribution in [0, 0.1) is 0 Å². The number of carbonyl (C=O) groups excluding carboxylic acids is 1. The Kier molecular flexibility index (Phi) is 4.43. The van der Waals surface area contributed by atoms with Gasteiger partial charge in [0.1, 0.15) is 0 Å². The average molecular weight is 257 g/mol. The Morgan fingerprint density at radius 2 is 2.65 bits per heavy atom. The van der Waals surface area contributed by atoms with Gasteiger partial charge in [-0.05, 0) is 0 Å². The second-order valence-electron chi connectivity index (χ2n) is 3.80. The van der Waals surface area contributed by atoms with Crippen LogP contribution >= 0.6 is 11.3 Å². The van der Waals surface area contributed by atoms with E-state index < -0.39 is 0 Å². The zero-order chi connectivity index (χ0) is 12.1. The van der Waals surface area contributed by atoms with E-state index in [0.717, 1.165) is 0 Å². The van der Waals surface area contributed by atoms with Crippen molar-refractivity contribution in [3.63, 3.8) is 0 Å². The fraction of sp³-hybridized carbons (Fsp3) is 0.600. The van der Waals surface area contributed by atoms with Gasteiger partial charge < -0.3 is 15.2 Å². The number of thiazole rings is 1. The number of amides is 1. The highest BCUT2D eigenvalue weighted by Crippen LogP contribution is 2.10. The lowest BCUT2D eigenvalue weighted by Crippen LogP contribution is -2.46. The Bertz CT molecular complexity index is 358. The summed E-state index contributed by atoms with van der Waals surface area (Å²) in [7, 11) is 0. The van der Waals surface area contributed by atoms with Crippen molar-refractivity contribution in [3.8, 4) is 0 Å². The number of hydrogen-bond acceptors (Lipinski definition) is 6. The van der Waals surface area contributed by atoms with Crippen LogP contribution in [0.1, 0.15) is 0 Å². The first kappa shape index (κ1) is 12.4. The van der Waals surface area contributed by atoms with Crippen molar-refractivity contribution in [2.75, 3.05) is 38.2 Å². The Labute approximate surface area is 103 Å². The highest BCUT2D eigenvalue weighted by molar-refractivity contribution is 7.13. The first-order valence-electron chi connectivity index (χ1n) is 5.42. The van der Waals surface area contributed by atoms with Gasteiger partial charge in [-0.1, -0.05) is 0 Å². The lowest BCUT2D eigenvalue weighted by Gasteiger charge is -2.31. The van der Waals surface area contributed by atoms with Gasteiger partial charge in [-0.3, -0.25) is 9.69 Å². The van der Waals surface area contributed by atoms with Crippen LogP contribution in [0.25, 0.3) is 0 Å². The largest absolute Gasteiger partial charge is 0.394 e. The van der Waals surface area contributed by atoms with Gasteiger partial charge in [0.2, 0.25) is 5.91 Å². The van der Waals surface area contributed by atoms with E-state index in [2.05, 4.69) is 10.3 Å². The fourth-order valence-electron chi connectivity index (χ4n) is 1.68. The second-order valence-corrected chi connectivity index (χ2v) is 4.69. The van der Waals surface area contributed by atoms with Gasteiger partial charge in [0.05, 0.1) is 25.9 Å². The third kappa shape index (κ3) is 3.74.